The molecule has 3 N–H and O–H groups in total. The molecule has 0 aliphatic heterocycles. The molecule has 0 unspecified atom stereocenters. The van der Waals surface area contributed by atoms with Gasteiger partial charge in [0.2, 0.25) is 0 Å². The van der Waals surface area contributed by atoms with E-state index in [4.69, 9.17) is 14.5 Å². The van der Waals surface area contributed by atoms with Crippen LogP contribution in [0, 0.1) is 5.41 Å². The van der Waals surface area contributed by atoms with Crippen molar-refractivity contribution < 1.29 is 14.3 Å². The smallest absolute Gasteiger partial charge is 0.407 e. The van der Waals surface area contributed by atoms with E-state index in [1.807, 2.05) is 27.7 Å². The summed E-state index contributed by atoms with van der Waals surface area (Å²) in [5.41, 5.74) is -0.179. The van der Waals surface area contributed by atoms with E-state index < -0.39 is 5.60 Å². The first-order valence-electron chi connectivity index (χ1n) is 10.9. The van der Waals surface area contributed by atoms with Gasteiger partial charge < -0.3 is 25.4 Å². The molecule has 1 aliphatic rings. The first-order valence-corrected chi connectivity index (χ1v) is 10.9. The van der Waals surface area contributed by atoms with Crippen molar-refractivity contribution in [1.82, 2.24) is 16.0 Å². The van der Waals surface area contributed by atoms with Crippen LogP contribution in [0.15, 0.2) is 4.99 Å². The number of carbonyl (C=O) groups excluding carboxylic acids is 1. The van der Waals surface area contributed by atoms with Crippen molar-refractivity contribution in [3.63, 3.8) is 0 Å². The molecule has 8 heteroatoms. The monoisotopic (exact) mass is 526 g/mol. The molecule has 7 nitrogen and oxygen atoms in total. The number of alkyl carbamates (subject to hydrolysis) is 1. The van der Waals surface area contributed by atoms with Crippen LogP contribution in [0.4, 0.5) is 4.79 Å². The Hall–Kier alpha value is -0.770. The molecule has 0 aromatic heterocycles. The van der Waals surface area contributed by atoms with Crippen LogP contribution in [-0.4, -0.2) is 57.0 Å². The van der Waals surface area contributed by atoms with Crippen molar-refractivity contribution in [2.75, 3.05) is 39.4 Å². The largest absolute Gasteiger partial charge is 0.444 e. The number of nitrogens with one attached hydrogen (secondary N) is 3. The lowest BCUT2D eigenvalue weighted by Gasteiger charge is -2.27. The van der Waals surface area contributed by atoms with Crippen molar-refractivity contribution in [1.29, 1.82) is 0 Å². The Kier molecular flexibility index (Phi) is 14.7. The predicted octanol–water partition coefficient (Wildman–Crippen LogP) is 4.06. The van der Waals surface area contributed by atoms with Crippen LogP contribution in [0.2, 0.25) is 0 Å². The average molecular weight is 527 g/mol. The molecule has 29 heavy (non-hydrogen) atoms. The number of hydrogen-bond acceptors (Lipinski definition) is 4. The van der Waals surface area contributed by atoms with Crippen molar-refractivity contribution in [3.8, 4) is 0 Å². The van der Waals surface area contributed by atoms with E-state index in [2.05, 4.69) is 22.9 Å². The third-order valence-electron chi connectivity index (χ3n) is 4.88. The number of nitrogens with zero attached hydrogens (tertiary/aromatic N) is 1. The van der Waals surface area contributed by atoms with Crippen LogP contribution in [-0.2, 0) is 9.47 Å². The van der Waals surface area contributed by atoms with Crippen LogP contribution in [0.5, 0.6) is 0 Å². The van der Waals surface area contributed by atoms with Gasteiger partial charge in [0.1, 0.15) is 5.60 Å². The van der Waals surface area contributed by atoms with Gasteiger partial charge in [-0.2, -0.15) is 0 Å². The average Bonchev–Trinajstić information content (AvgIpc) is 3.07. The molecule has 1 aliphatic carbocycles. The number of aliphatic imine (C=N–C) groups is 1. The maximum absolute atomic E-state index is 11.7. The molecule has 172 valence electrons. The Morgan fingerprint density at radius 3 is 2.31 bits per heavy atom. The molecule has 0 saturated heterocycles. The van der Waals surface area contributed by atoms with Crippen molar-refractivity contribution in [3.05, 3.63) is 0 Å². The highest BCUT2D eigenvalue weighted by atomic mass is 127. The molecular formula is C21H43IN4O3. The van der Waals surface area contributed by atoms with Gasteiger partial charge in [0.15, 0.2) is 5.96 Å². The standard InChI is InChI=1S/C21H42N4O3.HI/c1-6-22-18(23-14-10-15-24-19(26)28-20(3,4)5)25-17-21(11-8-9-12-21)13-16-27-7-2;/h6-17H2,1-5H3,(H,24,26)(H2,22,23,25);1H. The quantitative estimate of drug-likeness (QED) is 0.164. The van der Waals surface area contributed by atoms with E-state index in [0.29, 0.717) is 6.54 Å². The first kappa shape index (κ1) is 28.2. The van der Waals surface area contributed by atoms with E-state index in [1.54, 1.807) is 0 Å². The second-order valence-electron chi connectivity index (χ2n) is 8.56. The summed E-state index contributed by atoms with van der Waals surface area (Å²) in [4.78, 5) is 16.5. The minimum Gasteiger partial charge on any atom is -0.444 e. The summed E-state index contributed by atoms with van der Waals surface area (Å²) in [6, 6.07) is 0. The molecule has 0 heterocycles. The van der Waals surface area contributed by atoms with Crippen LogP contribution < -0.4 is 16.0 Å². The molecule has 0 bridgehead atoms. The summed E-state index contributed by atoms with van der Waals surface area (Å²) in [5.74, 6) is 0.849. The predicted molar refractivity (Wildman–Crippen MR) is 130 cm³/mol. The van der Waals surface area contributed by atoms with Crippen LogP contribution in [0.3, 0.4) is 0 Å². The molecule has 1 fully saturated rings. The van der Waals surface area contributed by atoms with Crippen molar-refractivity contribution in [2.45, 2.75) is 78.7 Å². The van der Waals surface area contributed by atoms with Gasteiger partial charge in [0, 0.05) is 39.4 Å². The summed E-state index contributed by atoms with van der Waals surface area (Å²) in [7, 11) is 0. The Bertz CT molecular complexity index is 475. The fourth-order valence-electron chi connectivity index (χ4n) is 3.43. The topological polar surface area (TPSA) is 84.0 Å². The zero-order chi connectivity index (χ0) is 20.9. The van der Waals surface area contributed by atoms with Gasteiger partial charge in [0.25, 0.3) is 0 Å². The lowest BCUT2D eigenvalue weighted by Crippen LogP contribution is -2.40. The first-order chi connectivity index (χ1) is 13.3. The molecule has 1 rings (SSSR count). The minimum atomic E-state index is -0.467. The van der Waals surface area contributed by atoms with Gasteiger partial charge in [0.05, 0.1) is 0 Å². The van der Waals surface area contributed by atoms with E-state index in [9.17, 15) is 4.79 Å². The van der Waals surface area contributed by atoms with Gasteiger partial charge in [-0.05, 0) is 65.7 Å². The summed E-state index contributed by atoms with van der Waals surface area (Å²) in [6.45, 7) is 14.3. The van der Waals surface area contributed by atoms with Gasteiger partial charge >= 0.3 is 6.09 Å². The maximum atomic E-state index is 11.7. The Morgan fingerprint density at radius 2 is 1.72 bits per heavy atom. The number of hydrogen-bond donors (Lipinski definition) is 3. The van der Waals surface area contributed by atoms with E-state index >= 15 is 0 Å². The Labute approximate surface area is 194 Å². The molecule has 0 aromatic carbocycles. The van der Waals surface area contributed by atoms with Crippen LogP contribution in [0.25, 0.3) is 0 Å². The fourth-order valence-corrected chi connectivity index (χ4v) is 3.43. The third-order valence-corrected chi connectivity index (χ3v) is 4.88. The second-order valence-corrected chi connectivity index (χ2v) is 8.56. The zero-order valence-electron chi connectivity index (χ0n) is 19.1. The molecule has 0 spiro atoms. The molecule has 0 aromatic rings. The SMILES string of the molecule is CCNC(=NCC1(CCOCC)CCCC1)NCCCNC(=O)OC(C)(C)C.I. The highest BCUT2D eigenvalue weighted by Gasteiger charge is 2.33. The van der Waals surface area contributed by atoms with E-state index in [0.717, 1.165) is 51.6 Å². The third kappa shape index (κ3) is 13.2. The summed E-state index contributed by atoms with van der Waals surface area (Å²) < 4.78 is 10.8. The summed E-state index contributed by atoms with van der Waals surface area (Å²) >= 11 is 0. The van der Waals surface area contributed by atoms with Gasteiger partial charge in [-0.3, -0.25) is 4.99 Å². The lowest BCUT2D eigenvalue weighted by atomic mass is 9.83. The number of rotatable bonds is 11. The minimum absolute atomic E-state index is 0. The van der Waals surface area contributed by atoms with Crippen LogP contribution >= 0.6 is 24.0 Å². The Morgan fingerprint density at radius 1 is 1.07 bits per heavy atom. The fraction of sp³-hybridized carbons (Fsp3) is 0.905. The number of amides is 1. The molecule has 0 atom stereocenters. The number of ether oxygens (including phenoxy) is 2. The lowest BCUT2D eigenvalue weighted by molar-refractivity contribution is 0.0527. The van der Waals surface area contributed by atoms with Crippen LogP contribution in [0.1, 0.15) is 73.1 Å². The number of carbonyl (C=O) groups is 1. The highest BCUT2D eigenvalue weighted by Crippen LogP contribution is 2.41. The van der Waals surface area contributed by atoms with Gasteiger partial charge in [-0.15, -0.1) is 24.0 Å². The van der Waals surface area contributed by atoms with Gasteiger partial charge in [-0.1, -0.05) is 12.8 Å². The van der Waals surface area contributed by atoms with E-state index in [1.165, 1.54) is 25.7 Å². The zero-order valence-corrected chi connectivity index (χ0v) is 21.4. The maximum Gasteiger partial charge on any atom is 0.407 e. The van der Waals surface area contributed by atoms with Crippen molar-refractivity contribution >= 4 is 36.0 Å². The van der Waals surface area contributed by atoms with E-state index in [-0.39, 0.29) is 35.5 Å². The number of halogens is 1. The normalized spacial score (nSPS) is 16.1. The van der Waals surface area contributed by atoms with Crippen molar-refractivity contribution in [2.24, 2.45) is 10.4 Å². The number of guanidine groups is 1. The highest BCUT2D eigenvalue weighted by molar-refractivity contribution is 14.0. The molecule has 1 saturated carbocycles. The molecule has 1 amide bonds. The molecule has 0 radical (unpaired) electrons. The summed E-state index contributed by atoms with van der Waals surface area (Å²) in [5, 5.41) is 9.47. The summed E-state index contributed by atoms with van der Waals surface area (Å²) in [6.07, 6.45) is 6.59. The Balaban J connectivity index is 0.00000784. The van der Waals surface area contributed by atoms with Gasteiger partial charge in [-0.25, -0.2) is 4.79 Å². The second kappa shape index (κ2) is 15.1. The molecular weight excluding hydrogens is 483 g/mol.